The molecule has 21 heavy (non-hydrogen) atoms. The number of nitrogens with zero attached hydrogens (tertiary/aromatic N) is 2. The summed E-state index contributed by atoms with van der Waals surface area (Å²) in [6.07, 6.45) is 8.01. The zero-order valence-corrected chi connectivity index (χ0v) is 12.2. The van der Waals surface area contributed by atoms with Gasteiger partial charge in [-0.15, -0.1) is 0 Å². The fourth-order valence-corrected chi connectivity index (χ4v) is 3.60. The highest BCUT2D eigenvalue weighted by atomic mass is 16.5. The summed E-state index contributed by atoms with van der Waals surface area (Å²) < 4.78 is 5.17. The summed E-state index contributed by atoms with van der Waals surface area (Å²) in [7, 11) is 0. The second-order valence-electron chi connectivity index (χ2n) is 6.81. The summed E-state index contributed by atoms with van der Waals surface area (Å²) in [4.78, 5) is 16.5. The van der Waals surface area contributed by atoms with Crippen LogP contribution in [0.1, 0.15) is 62.6 Å². The first-order valence-electron chi connectivity index (χ1n) is 8.09. The van der Waals surface area contributed by atoms with Crippen LogP contribution in [0.4, 0.5) is 0 Å². The van der Waals surface area contributed by atoms with Crippen LogP contribution in [0.15, 0.2) is 4.52 Å². The number of aromatic nitrogens is 2. The Bertz CT molecular complexity index is 524. The first kappa shape index (κ1) is 13.2. The van der Waals surface area contributed by atoms with Crippen molar-refractivity contribution in [1.29, 1.82) is 0 Å². The molecule has 2 heterocycles. The number of amides is 1. The molecule has 0 bridgehead atoms. The fraction of sp³-hybridized carbons (Fsp3) is 0.800. The quantitative estimate of drug-likeness (QED) is 0.878. The van der Waals surface area contributed by atoms with Gasteiger partial charge in [0, 0.05) is 17.4 Å². The fourth-order valence-electron chi connectivity index (χ4n) is 3.60. The van der Waals surface area contributed by atoms with Gasteiger partial charge in [0.05, 0.1) is 6.54 Å². The number of piperidine rings is 1. The van der Waals surface area contributed by atoms with Crippen molar-refractivity contribution in [2.75, 3.05) is 6.54 Å². The van der Waals surface area contributed by atoms with E-state index in [9.17, 15) is 4.79 Å². The lowest BCUT2D eigenvalue weighted by Crippen LogP contribution is -2.60. The third-order valence-electron chi connectivity index (χ3n) is 5.07. The summed E-state index contributed by atoms with van der Waals surface area (Å²) in [5, 5.41) is 10.5. The van der Waals surface area contributed by atoms with Crippen molar-refractivity contribution < 1.29 is 9.32 Å². The van der Waals surface area contributed by atoms with Crippen LogP contribution in [0.25, 0.3) is 0 Å². The largest absolute Gasteiger partial charge is 0.347 e. The van der Waals surface area contributed by atoms with Crippen LogP contribution in [0, 0.1) is 5.92 Å². The van der Waals surface area contributed by atoms with Gasteiger partial charge >= 0.3 is 0 Å². The first-order valence-corrected chi connectivity index (χ1v) is 8.09. The Balaban J connectivity index is 1.24. The number of carbonyl (C=O) groups excluding carboxylic acids is 1. The molecule has 4 rings (SSSR count). The Labute approximate surface area is 124 Å². The maximum absolute atomic E-state index is 12.1. The average Bonchev–Trinajstić information content (AvgIpc) is 3.22. The minimum Gasteiger partial charge on any atom is -0.347 e. The Kier molecular flexibility index (Phi) is 3.21. The normalized spacial score (nSPS) is 31.9. The van der Waals surface area contributed by atoms with E-state index in [0.717, 1.165) is 38.1 Å². The van der Waals surface area contributed by atoms with E-state index in [1.807, 2.05) is 0 Å². The van der Waals surface area contributed by atoms with Crippen molar-refractivity contribution in [1.82, 2.24) is 20.8 Å². The molecule has 2 saturated carbocycles. The summed E-state index contributed by atoms with van der Waals surface area (Å²) >= 11 is 0. The van der Waals surface area contributed by atoms with E-state index in [-0.39, 0.29) is 17.4 Å². The molecule has 1 aromatic rings. The Morgan fingerprint density at radius 2 is 2.24 bits per heavy atom. The van der Waals surface area contributed by atoms with E-state index in [1.54, 1.807) is 0 Å². The average molecular weight is 290 g/mol. The molecule has 1 aromatic heterocycles. The van der Waals surface area contributed by atoms with Gasteiger partial charge in [0.2, 0.25) is 11.8 Å². The lowest BCUT2D eigenvalue weighted by molar-refractivity contribution is -0.131. The van der Waals surface area contributed by atoms with Gasteiger partial charge in [0.1, 0.15) is 0 Å². The van der Waals surface area contributed by atoms with Gasteiger partial charge in [-0.3, -0.25) is 4.79 Å². The highest BCUT2D eigenvalue weighted by Gasteiger charge is 2.47. The van der Waals surface area contributed by atoms with Gasteiger partial charge in [0.25, 0.3) is 0 Å². The van der Waals surface area contributed by atoms with Gasteiger partial charge in [-0.1, -0.05) is 11.6 Å². The third-order valence-corrected chi connectivity index (χ3v) is 5.07. The molecule has 0 unspecified atom stereocenters. The van der Waals surface area contributed by atoms with Crippen LogP contribution in [-0.2, 0) is 11.3 Å². The second kappa shape index (κ2) is 5.09. The van der Waals surface area contributed by atoms with Gasteiger partial charge < -0.3 is 15.2 Å². The molecule has 2 N–H and O–H groups in total. The molecule has 1 amide bonds. The van der Waals surface area contributed by atoms with Gasteiger partial charge in [0.15, 0.2) is 5.82 Å². The summed E-state index contributed by atoms with van der Waals surface area (Å²) in [5.74, 6) is 2.07. The SMILES string of the molecule is O=C(NCc1nc(C2CC2)no1)C1CC2(CCCCN2)C1. The summed E-state index contributed by atoms with van der Waals surface area (Å²) in [5.41, 5.74) is 0.254. The highest BCUT2D eigenvalue weighted by Crippen LogP contribution is 2.43. The van der Waals surface area contributed by atoms with E-state index >= 15 is 0 Å². The topological polar surface area (TPSA) is 80.1 Å². The number of nitrogens with one attached hydrogen (secondary N) is 2. The van der Waals surface area contributed by atoms with Crippen LogP contribution >= 0.6 is 0 Å². The highest BCUT2D eigenvalue weighted by molar-refractivity contribution is 5.80. The maximum atomic E-state index is 12.1. The Hall–Kier alpha value is -1.43. The van der Waals surface area contributed by atoms with Crippen molar-refractivity contribution in [3.05, 3.63) is 11.7 Å². The molecular formula is C15H22N4O2. The van der Waals surface area contributed by atoms with Crippen molar-refractivity contribution in [3.63, 3.8) is 0 Å². The van der Waals surface area contributed by atoms with E-state index in [0.29, 0.717) is 18.4 Å². The smallest absolute Gasteiger partial charge is 0.246 e. The summed E-state index contributed by atoms with van der Waals surface area (Å²) in [6.45, 7) is 1.45. The molecule has 0 radical (unpaired) electrons. The summed E-state index contributed by atoms with van der Waals surface area (Å²) in [6, 6.07) is 0. The second-order valence-corrected chi connectivity index (χ2v) is 6.81. The molecular weight excluding hydrogens is 268 g/mol. The minimum absolute atomic E-state index is 0.124. The molecule has 114 valence electrons. The van der Waals surface area contributed by atoms with E-state index in [2.05, 4.69) is 20.8 Å². The zero-order chi connectivity index (χ0) is 14.3. The van der Waals surface area contributed by atoms with Crippen molar-refractivity contribution >= 4 is 5.91 Å². The molecule has 0 aromatic carbocycles. The zero-order valence-electron chi connectivity index (χ0n) is 12.2. The number of hydrogen-bond acceptors (Lipinski definition) is 5. The van der Waals surface area contributed by atoms with Crippen molar-refractivity contribution in [2.24, 2.45) is 5.92 Å². The molecule has 1 aliphatic heterocycles. The predicted molar refractivity (Wildman–Crippen MR) is 75.4 cm³/mol. The molecule has 0 atom stereocenters. The molecule has 1 saturated heterocycles. The van der Waals surface area contributed by atoms with Gasteiger partial charge in [-0.25, -0.2) is 0 Å². The van der Waals surface area contributed by atoms with Gasteiger partial charge in [-0.2, -0.15) is 4.98 Å². The van der Waals surface area contributed by atoms with E-state index in [1.165, 1.54) is 19.3 Å². The van der Waals surface area contributed by atoms with Crippen LogP contribution < -0.4 is 10.6 Å². The van der Waals surface area contributed by atoms with Crippen molar-refractivity contribution in [2.45, 2.75) is 62.9 Å². The lowest BCUT2D eigenvalue weighted by Gasteiger charge is -2.50. The standard InChI is InChI=1S/C15H22N4O2/c20-14(11-7-15(8-11)5-1-2-6-17-15)16-9-12-18-13(19-21-12)10-3-4-10/h10-11,17H,1-9H2,(H,16,20). The Morgan fingerprint density at radius 1 is 1.38 bits per heavy atom. The Morgan fingerprint density at radius 3 is 2.95 bits per heavy atom. The molecule has 1 spiro atoms. The van der Waals surface area contributed by atoms with Crippen LogP contribution in [-0.4, -0.2) is 28.1 Å². The predicted octanol–water partition coefficient (Wildman–Crippen LogP) is 1.49. The molecule has 6 nitrogen and oxygen atoms in total. The van der Waals surface area contributed by atoms with Gasteiger partial charge in [-0.05, 0) is 45.1 Å². The maximum Gasteiger partial charge on any atom is 0.246 e. The van der Waals surface area contributed by atoms with Crippen LogP contribution in [0.3, 0.4) is 0 Å². The number of hydrogen-bond donors (Lipinski definition) is 2. The molecule has 3 aliphatic rings. The number of carbonyl (C=O) groups is 1. The van der Waals surface area contributed by atoms with Crippen LogP contribution in [0.2, 0.25) is 0 Å². The molecule has 6 heteroatoms. The monoisotopic (exact) mass is 290 g/mol. The van der Waals surface area contributed by atoms with E-state index in [4.69, 9.17) is 4.52 Å². The lowest BCUT2D eigenvalue weighted by atomic mass is 9.64. The van der Waals surface area contributed by atoms with E-state index < -0.39 is 0 Å². The molecule has 2 aliphatic carbocycles. The van der Waals surface area contributed by atoms with Crippen molar-refractivity contribution in [3.8, 4) is 0 Å². The third kappa shape index (κ3) is 2.69. The first-order chi connectivity index (χ1) is 10.2. The number of rotatable bonds is 4. The molecule has 3 fully saturated rings. The minimum atomic E-state index is 0.124. The van der Waals surface area contributed by atoms with Crippen LogP contribution in [0.5, 0.6) is 0 Å².